The Hall–Kier alpha value is -0.750. The highest BCUT2D eigenvalue weighted by molar-refractivity contribution is 7.98. The third-order valence-electron chi connectivity index (χ3n) is 2.45. The number of amides is 1. The number of carboxylic acid groups (broad SMARTS) is 1. The lowest BCUT2D eigenvalue weighted by atomic mass is 10.2. The van der Waals surface area contributed by atoms with Gasteiger partial charge in [0.25, 0.3) is 0 Å². The van der Waals surface area contributed by atoms with Gasteiger partial charge in [-0.25, -0.2) is 4.79 Å². The first-order valence-corrected chi connectivity index (χ1v) is 6.68. The predicted octanol–water partition coefficient (Wildman–Crippen LogP) is 0.488. The molecule has 16 heavy (non-hydrogen) atoms. The van der Waals surface area contributed by atoms with Gasteiger partial charge < -0.3 is 15.2 Å². The minimum absolute atomic E-state index is 0.300. The molecule has 6 heteroatoms. The molecule has 0 aliphatic carbocycles. The van der Waals surface area contributed by atoms with Crippen molar-refractivity contribution in [3.63, 3.8) is 0 Å². The van der Waals surface area contributed by atoms with E-state index in [0.717, 1.165) is 6.42 Å². The van der Waals surface area contributed by atoms with Crippen LogP contribution in [0.1, 0.15) is 19.3 Å². The van der Waals surface area contributed by atoms with Crippen LogP contribution in [0.4, 0.5) is 0 Å². The van der Waals surface area contributed by atoms with Crippen molar-refractivity contribution in [2.75, 3.05) is 18.6 Å². The lowest BCUT2D eigenvalue weighted by molar-refractivity contribution is -0.143. The van der Waals surface area contributed by atoms with Crippen molar-refractivity contribution in [3.05, 3.63) is 0 Å². The number of ether oxygens (including phenoxy) is 1. The molecule has 92 valence electrons. The highest BCUT2D eigenvalue weighted by Crippen LogP contribution is 2.12. The lowest BCUT2D eigenvalue weighted by Crippen LogP contribution is -2.45. The van der Waals surface area contributed by atoms with Crippen molar-refractivity contribution >= 4 is 23.6 Å². The second-order valence-electron chi connectivity index (χ2n) is 3.68. The average molecular weight is 247 g/mol. The van der Waals surface area contributed by atoms with Crippen molar-refractivity contribution in [1.29, 1.82) is 0 Å². The Morgan fingerprint density at radius 1 is 1.62 bits per heavy atom. The van der Waals surface area contributed by atoms with Crippen LogP contribution in [0.25, 0.3) is 0 Å². The fraction of sp³-hybridized carbons (Fsp3) is 0.800. The van der Waals surface area contributed by atoms with E-state index in [2.05, 4.69) is 5.32 Å². The van der Waals surface area contributed by atoms with E-state index >= 15 is 0 Å². The summed E-state index contributed by atoms with van der Waals surface area (Å²) >= 11 is 1.56. The van der Waals surface area contributed by atoms with Gasteiger partial charge in [-0.15, -0.1) is 0 Å². The van der Waals surface area contributed by atoms with E-state index in [-0.39, 0.29) is 5.91 Å². The minimum Gasteiger partial charge on any atom is -0.480 e. The topological polar surface area (TPSA) is 75.6 Å². The van der Waals surface area contributed by atoms with Crippen LogP contribution in [0, 0.1) is 0 Å². The summed E-state index contributed by atoms with van der Waals surface area (Å²) in [5.74, 6) is -0.575. The van der Waals surface area contributed by atoms with E-state index in [1.165, 1.54) is 0 Å². The highest BCUT2D eigenvalue weighted by atomic mass is 32.2. The smallest absolute Gasteiger partial charge is 0.326 e. The fourth-order valence-corrected chi connectivity index (χ4v) is 2.01. The van der Waals surface area contributed by atoms with Gasteiger partial charge in [0.1, 0.15) is 12.1 Å². The summed E-state index contributed by atoms with van der Waals surface area (Å²) in [5.41, 5.74) is 0. The number of hydrogen-bond acceptors (Lipinski definition) is 4. The molecule has 0 saturated carbocycles. The van der Waals surface area contributed by atoms with Crippen LogP contribution in [-0.4, -0.2) is 47.7 Å². The minimum atomic E-state index is -0.986. The fourth-order valence-electron chi connectivity index (χ4n) is 1.54. The van der Waals surface area contributed by atoms with Crippen molar-refractivity contribution in [3.8, 4) is 0 Å². The van der Waals surface area contributed by atoms with Gasteiger partial charge in [-0.1, -0.05) is 0 Å². The Kier molecular flexibility index (Phi) is 5.62. The number of carbonyl (C=O) groups is 2. The van der Waals surface area contributed by atoms with Crippen molar-refractivity contribution in [1.82, 2.24) is 5.32 Å². The third kappa shape index (κ3) is 4.02. The normalized spacial score (nSPS) is 21.7. The molecular formula is C10H17NO4S. The standard InChI is InChI=1S/C10H17NO4S/c1-16-6-4-7(10(13)14)11-9(12)8-3-2-5-15-8/h7-8H,2-6H2,1H3,(H,11,12)(H,13,14)/t7-,8+/m1/s1. The zero-order chi connectivity index (χ0) is 12.0. The van der Waals surface area contributed by atoms with Gasteiger partial charge in [0.2, 0.25) is 5.91 Å². The zero-order valence-corrected chi connectivity index (χ0v) is 10.1. The van der Waals surface area contributed by atoms with Crippen LogP contribution in [0.15, 0.2) is 0 Å². The molecule has 1 heterocycles. The molecule has 1 saturated heterocycles. The van der Waals surface area contributed by atoms with Crippen LogP contribution in [0.2, 0.25) is 0 Å². The monoisotopic (exact) mass is 247 g/mol. The Morgan fingerprint density at radius 2 is 2.38 bits per heavy atom. The maximum atomic E-state index is 11.6. The molecular weight excluding hydrogens is 230 g/mol. The molecule has 0 aromatic rings. The zero-order valence-electron chi connectivity index (χ0n) is 9.27. The van der Waals surface area contributed by atoms with Gasteiger partial charge in [-0.05, 0) is 31.3 Å². The summed E-state index contributed by atoms with van der Waals surface area (Å²) in [5, 5.41) is 11.4. The number of nitrogens with one attached hydrogen (secondary N) is 1. The predicted molar refractivity (Wildman–Crippen MR) is 61.5 cm³/mol. The molecule has 0 radical (unpaired) electrons. The molecule has 1 aliphatic rings. The van der Waals surface area contributed by atoms with Gasteiger partial charge in [0, 0.05) is 6.61 Å². The largest absolute Gasteiger partial charge is 0.480 e. The van der Waals surface area contributed by atoms with Crippen molar-refractivity contribution < 1.29 is 19.4 Å². The molecule has 0 spiro atoms. The molecule has 0 unspecified atom stereocenters. The van der Waals surface area contributed by atoms with Gasteiger partial charge in [0.15, 0.2) is 0 Å². The Bertz CT molecular complexity index is 253. The summed E-state index contributed by atoms with van der Waals surface area (Å²) < 4.78 is 5.19. The van der Waals surface area contributed by atoms with E-state index in [9.17, 15) is 9.59 Å². The van der Waals surface area contributed by atoms with E-state index in [1.807, 2.05) is 6.26 Å². The maximum Gasteiger partial charge on any atom is 0.326 e. The number of hydrogen-bond donors (Lipinski definition) is 2. The van der Waals surface area contributed by atoms with E-state index in [1.54, 1.807) is 11.8 Å². The van der Waals surface area contributed by atoms with Crippen LogP contribution >= 0.6 is 11.8 Å². The third-order valence-corrected chi connectivity index (χ3v) is 3.09. The SMILES string of the molecule is CSCC[C@@H](NC(=O)[C@@H]1CCCO1)C(=O)O. The first-order valence-electron chi connectivity index (χ1n) is 5.29. The Balaban J connectivity index is 2.40. The number of carbonyl (C=O) groups excluding carboxylic acids is 1. The van der Waals surface area contributed by atoms with Crippen LogP contribution in [0.5, 0.6) is 0 Å². The number of carboxylic acids is 1. The average Bonchev–Trinajstić information content (AvgIpc) is 2.76. The Labute approximate surface area is 98.9 Å². The van der Waals surface area contributed by atoms with Gasteiger partial charge >= 0.3 is 5.97 Å². The first kappa shape index (κ1) is 13.3. The van der Waals surface area contributed by atoms with Crippen molar-refractivity contribution in [2.45, 2.75) is 31.4 Å². The molecule has 5 nitrogen and oxygen atoms in total. The van der Waals surface area contributed by atoms with Crippen LogP contribution in [0.3, 0.4) is 0 Å². The number of aliphatic carboxylic acids is 1. The molecule has 2 atom stereocenters. The summed E-state index contributed by atoms with van der Waals surface area (Å²) in [4.78, 5) is 22.5. The molecule has 0 aromatic heterocycles. The molecule has 1 aliphatic heterocycles. The summed E-state index contributed by atoms with van der Waals surface area (Å²) in [7, 11) is 0. The quantitative estimate of drug-likeness (QED) is 0.714. The molecule has 0 aromatic carbocycles. The molecule has 0 bridgehead atoms. The first-order chi connectivity index (χ1) is 7.65. The molecule has 1 amide bonds. The molecule has 2 N–H and O–H groups in total. The Morgan fingerprint density at radius 3 is 2.88 bits per heavy atom. The maximum absolute atomic E-state index is 11.6. The summed E-state index contributed by atoms with van der Waals surface area (Å²) in [6.45, 7) is 0.584. The molecule has 1 fully saturated rings. The number of rotatable bonds is 6. The van der Waals surface area contributed by atoms with Gasteiger partial charge in [-0.2, -0.15) is 11.8 Å². The summed E-state index contributed by atoms with van der Waals surface area (Å²) in [6.07, 6.45) is 3.42. The lowest BCUT2D eigenvalue weighted by Gasteiger charge is -2.16. The second-order valence-corrected chi connectivity index (χ2v) is 4.67. The highest BCUT2D eigenvalue weighted by Gasteiger charge is 2.27. The number of thioether (sulfide) groups is 1. The van der Waals surface area contributed by atoms with Crippen LogP contribution < -0.4 is 5.32 Å². The van der Waals surface area contributed by atoms with Crippen molar-refractivity contribution in [2.24, 2.45) is 0 Å². The van der Waals surface area contributed by atoms with Gasteiger partial charge in [0.05, 0.1) is 0 Å². The van der Waals surface area contributed by atoms with E-state index in [4.69, 9.17) is 9.84 Å². The van der Waals surface area contributed by atoms with E-state index < -0.39 is 18.1 Å². The summed E-state index contributed by atoms with van der Waals surface area (Å²) in [6, 6.07) is -0.802. The molecule has 1 rings (SSSR count). The van der Waals surface area contributed by atoms with E-state index in [0.29, 0.717) is 25.2 Å². The second kappa shape index (κ2) is 6.75. The van der Waals surface area contributed by atoms with Crippen LogP contribution in [-0.2, 0) is 14.3 Å². The van der Waals surface area contributed by atoms with Gasteiger partial charge in [-0.3, -0.25) is 4.79 Å².